The van der Waals surface area contributed by atoms with Gasteiger partial charge in [-0.25, -0.2) is 0 Å². The van der Waals surface area contributed by atoms with Gasteiger partial charge in [-0.3, -0.25) is 0 Å². The lowest BCUT2D eigenvalue weighted by atomic mass is 10.2. The first-order valence-electron chi connectivity index (χ1n) is 7.55. The number of aromatic nitrogens is 2. The van der Waals surface area contributed by atoms with Crippen LogP contribution in [0.5, 0.6) is 11.5 Å². The van der Waals surface area contributed by atoms with E-state index in [2.05, 4.69) is 15.3 Å². The minimum atomic E-state index is 0.0782. The lowest BCUT2D eigenvalue weighted by Crippen LogP contribution is -1.92. The highest BCUT2D eigenvalue weighted by Gasteiger charge is 2.09. The summed E-state index contributed by atoms with van der Waals surface area (Å²) in [6.45, 7) is 0.0782. The van der Waals surface area contributed by atoms with Crippen LogP contribution in [-0.4, -0.2) is 30.6 Å². The zero-order valence-electron chi connectivity index (χ0n) is 13.9. The van der Waals surface area contributed by atoms with Crippen molar-refractivity contribution in [1.29, 1.82) is 0 Å². The number of benzene rings is 2. The van der Waals surface area contributed by atoms with Gasteiger partial charge in [-0.1, -0.05) is 22.4 Å². The van der Waals surface area contributed by atoms with Crippen LogP contribution in [0.1, 0.15) is 11.5 Å². The van der Waals surface area contributed by atoms with Crippen molar-refractivity contribution >= 4 is 6.21 Å². The topological polar surface area (TPSA) is 79.0 Å². The summed E-state index contributed by atoms with van der Waals surface area (Å²) in [5.74, 6) is 2.30. The number of rotatable bonds is 7. The molecule has 0 bridgehead atoms. The highest BCUT2D eigenvalue weighted by Crippen LogP contribution is 2.20. The highest BCUT2D eigenvalue weighted by molar-refractivity contribution is 5.82. The van der Waals surface area contributed by atoms with Gasteiger partial charge < -0.3 is 18.8 Å². The second-order valence-electron chi connectivity index (χ2n) is 4.99. The first-order valence-corrected chi connectivity index (χ1v) is 7.55. The molecule has 0 aliphatic rings. The number of hydrogen-bond acceptors (Lipinski definition) is 7. The molecule has 0 amide bonds. The van der Waals surface area contributed by atoms with Crippen LogP contribution < -0.4 is 9.47 Å². The maximum atomic E-state index is 5.23. The van der Waals surface area contributed by atoms with Gasteiger partial charge in [-0.05, 0) is 36.4 Å². The minimum Gasteiger partial charge on any atom is -0.497 e. The molecule has 3 rings (SSSR count). The molecule has 0 saturated carbocycles. The molecular weight excluding hydrogens is 322 g/mol. The quantitative estimate of drug-likeness (QED) is 0.485. The minimum absolute atomic E-state index is 0.0782. The molecule has 1 aromatic heterocycles. The maximum Gasteiger partial charge on any atom is 0.267 e. The van der Waals surface area contributed by atoms with Gasteiger partial charge in [-0.15, -0.1) is 0 Å². The van der Waals surface area contributed by atoms with Crippen LogP contribution in [0.2, 0.25) is 0 Å². The van der Waals surface area contributed by atoms with Crippen LogP contribution >= 0.6 is 0 Å². The monoisotopic (exact) mass is 339 g/mol. The summed E-state index contributed by atoms with van der Waals surface area (Å²) >= 11 is 0. The smallest absolute Gasteiger partial charge is 0.267 e. The summed E-state index contributed by atoms with van der Waals surface area (Å²) in [5.41, 5.74) is 1.64. The fraction of sp³-hybridized carbons (Fsp3) is 0.167. The van der Waals surface area contributed by atoms with Crippen LogP contribution in [0, 0.1) is 0 Å². The Morgan fingerprint density at radius 2 is 1.84 bits per heavy atom. The average molecular weight is 339 g/mol. The van der Waals surface area contributed by atoms with Crippen molar-refractivity contribution in [3.63, 3.8) is 0 Å². The van der Waals surface area contributed by atoms with Gasteiger partial charge in [0.15, 0.2) is 6.61 Å². The molecule has 0 spiro atoms. The zero-order chi connectivity index (χ0) is 17.5. The maximum absolute atomic E-state index is 5.23. The second kappa shape index (κ2) is 7.96. The van der Waals surface area contributed by atoms with Gasteiger partial charge in [-0.2, -0.15) is 4.98 Å². The molecule has 7 nitrogen and oxygen atoms in total. The van der Waals surface area contributed by atoms with E-state index in [-0.39, 0.29) is 6.61 Å². The third-order valence-electron chi connectivity index (χ3n) is 3.41. The number of para-hydroxylation sites is 1. The number of hydrogen-bond donors (Lipinski definition) is 0. The van der Waals surface area contributed by atoms with E-state index >= 15 is 0 Å². The van der Waals surface area contributed by atoms with Crippen molar-refractivity contribution < 1.29 is 18.8 Å². The fourth-order valence-corrected chi connectivity index (χ4v) is 2.13. The molecular formula is C18H17N3O4. The van der Waals surface area contributed by atoms with E-state index in [4.69, 9.17) is 18.8 Å². The van der Waals surface area contributed by atoms with Crippen molar-refractivity contribution in [2.45, 2.75) is 6.61 Å². The third-order valence-corrected chi connectivity index (χ3v) is 3.41. The Hall–Kier alpha value is -3.35. The molecule has 0 fully saturated rings. The summed E-state index contributed by atoms with van der Waals surface area (Å²) < 4.78 is 15.5. The first-order chi connectivity index (χ1) is 12.3. The van der Waals surface area contributed by atoms with Crippen LogP contribution in [0.4, 0.5) is 0 Å². The van der Waals surface area contributed by atoms with Gasteiger partial charge in [0.05, 0.1) is 20.4 Å². The molecule has 0 aliphatic carbocycles. The highest BCUT2D eigenvalue weighted by atomic mass is 16.6. The van der Waals surface area contributed by atoms with Gasteiger partial charge in [0.1, 0.15) is 11.5 Å². The molecule has 3 aromatic rings. The molecule has 0 radical (unpaired) electrons. The third kappa shape index (κ3) is 4.14. The van der Waals surface area contributed by atoms with Crippen LogP contribution in [0.3, 0.4) is 0 Å². The molecule has 0 aliphatic heterocycles. The number of oxime groups is 1. The Bertz CT molecular complexity index is 844. The Morgan fingerprint density at radius 1 is 1.04 bits per heavy atom. The normalized spacial score (nSPS) is 10.8. The van der Waals surface area contributed by atoms with Crippen LogP contribution in [0.15, 0.2) is 58.2 Å². The van der Waals surface area contributed by atoms with E-state index in [1.165, 1.54) is 0 Å². The van der Waals surface area contributed by atoms with Gasteiger partial charge >= 0.3 is 0 Å². The van der Waals surface area contributed by atoms with Crippen molar-refractivity contribution in [3.05, 3.63) is 60.0 Å². The zero-order valence-corrected chi connectivity index (χ0v) is 13.9. The van der Waals surface area contributed by atoms with E-state index in [1.807, 2.05) is 48.5 Å². The molecule has 0 unspecified atom stereocenters. The molecule has 0 saturated heterocycles. The van der Waals surface area contributed by atoms with Crippen LogP contribution in [0.25, 0.3) is 11.4 Å². The lowest BCUT2D eigenvalue weighted by molar-refractivity contribution is 0.107. The molecule has 7 heteroatoms. The molecule has 128 valence electrons. The number of nitrogens with zero attached hydrogens (tertiary/aromatic N) is 3. The van der Waals surface area contributed by atoms with Crippen molar-refractivity contribution in [2.24, 2.45) is 5.16 Å². The summed E-state index contributed by atoms with van der Waals surface area (Å²) in [7, 11) is 3.22. The predicted octanol–water partition coefficient (Wildman–Crippen LogP) is 3.30. The number of methoxy groups -OCH3 is 2. The Morgan fingerprint density at radius 3 is 2.60 bits per heavy atom. The molecule has 0 N–H and O–H groups in total. The van der Waals surface area contributed by atoms with E-state index < -0.39 is 0 Å². The lowest BCUT2D eigenvalue weighted by Gasteiger charge is -2.02. The summed E-state index contributed by atoms with van der Waals surface area (Å²) in [6.07, 6.45) is 1.57. The Balaban J connectivity index is 1.59. The van der Waals surface area contributed by atoms with Gasteiger partial charge in [0.2, 0.25) is 5.82 Å². The average Bonchev–Trinajstić information content (AvgIpc) is 3.14. The summed E-state index contributed by atoms with van der Waals surface area (Å²) in [4.78, 5) is 9.48. The first kappa shape index (κ1) is 16.5. The van der Waals surface area contributed by atoms with E-state index in [9.17, 15) is 0 Å². The van der Waals surface area contributed by atoms with E-state index in [1.54, 1.807) is 20.4 Å². The summed E-state index contributed by atoms with van der Waals surface area (Å²) in [5, 5.41) is 7.83. The molecule has 0 atom stereocenters. The van der Waals surface area contributed by atoms with E-state index in [0.29, 0.717) is 11.7 Å². The van der Waals surface area contributed by atoms with Crippen molar-refractivity contribution in [3.8, 4) is 22.9 Å². The Kier molecular flexibility index (Phi) is 5.26. The SMILES string of the molecule is COc1ccc(-c2noc(CO/N=C\c3ccccc3OC)n2)cc1. The predicted molar refractivity (Wildman–Crippen MR) is 91.7 cm³/mol. The van der Waals surface area contributed by atoms with Crippen molar-refractivity contribution in [2.75, 3.05) is 14.2 Å². The second-order valence-corrected chi connectivity index (χ2v) is 4.99. The molecule has 2 aromatic carbocycles. The fourth-order valence-electron chi connectivity index (χ4n) is 2.13. The van der Waals surface area contributed by atoms with Gasteiger partial charge in [0, 0.05) is 11.1 Å². The van der Waals surface area contributed by atoms with Crippen molar-refractivity contribution in [1.82, 2.24) is 10.1 Å². The molecule has 1 heterocycles. The van der Waals surface area contributed by atoms with Crippen LogP contribution in [-0.2, 0) is 11.4 Å². The standard InChI is InChI=1S/C18H17N3O4/c1-22-15-9-7-13(8-10-15)18-20-17(25-21-18)12-24-19-11-14-5-3-4-6-16(14)23-2/h3-11H,12H2,1-2H3/b19-11-. The summed E-state index contributed by atoms with van der Waals surface area (Å²) in [6, 6.07) is 14.9. The molecule has 25 heavy (non-hydrogen) atoms. The van der Waals surface area contributed by atoms with E-state index in [0.717, 1.165) is 22.6 Å². The number of ether oxygens (including phenoxy) is 2. The Labute approximate surface area is 144 Å². The largest absolute Gasteiger partial charge is 0.497 e. The van der Waals surface area contributed by atoms with Gasteiger partial charge in [0.25, 0.3) is 5.89 Å².